The Morgan fingerprint density at radius 2 is 1.81 bits per heavy atom. The number of hydrogen-bond acceptors (Lipinski definition) is 4. The highest BCUT2D eigenvalue weighted by Gasteiger charge is 2.27. The number of carbonyl (C=O) groups excluding carboxylic acids is 2. The predicted molar refractivity (Wildman–Crippen MR) is 120 cm³/mol. The second kappa shape index (κ2) is 9.96. The fraction of sp³-hybridized carbons (Fsp3) is 0.440. The molecule has 31 heavy (non-hydrogen) atoms. The first-order chi connectivity index (χ1) is 15.1. The van der Waals surface area contributed by atoms with Crippen molar-refractivity contribution in [1.29, 1.82) is 0 Å². The van der Waals surface area contributed by atoms with Crippen molar-refractivity contribution in [2.45, 2.75) is 38.3 Å². The molecule has 0 bridgehead atoms. The molecule has 2 fully saturated rings. The maximum absolute atomic E-state index is 12.6. The van der Waals surface area contributed by atoms with Gasteiger partial charge in [0.25, 0.3) is 5.91 Å². The fourth-order valence-corrected chi connectivity index (χ4v) is 4.55. The van der Waals surface area contributed by atoms with Crippen LogP contribution in [0.1, 0.15) is 53.2 Å². The van der Waals surface area contributed by atoms with Crippen LogP contribution in [0.5, 0.6) is 5.75 Å². The van der Waals surface area contributed by atoms with Crippen molar-refractivity contribution in [3.05, 3.63) is 65.2 Å². The van der Waals surface area contributed by atoms with Gasteiger partial charge in [0, 0.05) is 31.2 Å². The van der Waals surface area contributed by atoms with Crippen LogP contribution in [0.15, 0.2) is 48.5 Å². The Hall–Kier alpha value is -2.86. The van der Waals surface area contributed by atoms with Crippen molar-refractivity contribution in [2.75, 3.05) is 33.3 Å². The molecule has 1 N–H and O–H groups in total. The molecule has 2 heterocycles. The molecule has 0 radical (unpaired) electrons. The minimum absolute atomic E-state index is 0.0204. The molecule has 6 nitrogen and oxygen atoms in total. The Kier molecular flexibility index (Phi) is 6.87. The van der Waals surface area contributed by atoms with Crippen molar-refractivity contribution in [3.63, 3.8) is 0 Å². The van der Waals surface area contributed by atoms with E-state index in [2.05, 4.69) is 22.3 Å². The number of nitrogens with one attached hydrogen (secondary N) is 1. The van der Waals surface area contributed by atoms with Gasteiger partial charge < -0.3 is 15.0 Å². The van der Waals surface area contributed by atoms with Gasteiger partial charge in [0.2, 0.25) is 5.91 Å². The maximum Gasteiger partial charge on any atom is 0.253 e. The summed E-state index contributed by atoms with van der Waals surface area (Å²) in [6, 6.07) is 15.9. The molecule has 6 heteroatoms. The minimum Gasteiger partial charge on any atom is -0.497 e. The van der Waals surface area contributed by atoms with Gasteiger partial charge in [-0.15, -0.1) is 0 Å². The van der Waals surface area contributed by atoms with Crippen LogP contribution in [0.2, 0.25) is 0 Å². The lowest BCUT2D eigenvalue weighted by atomic mass is 10.0. The maximum atomic E-state index is 12.6. The van der Waals surface area contributed by atoms with E-state index in [0.717, 1.165) is 62.2 Å². The summed E-state index contributed by atoms with van der Waals surface area (Å²) in [7, 11) is 1.67. The summed E-state index contributed by atoms with van der Waals surface area (Å²) >= 11 is 0. The van der Waals surface area contributed by atoms with Crippen molar-refractivity contribution < 1.29 is 14.3 Å². The number of rotatable bonds is 7. The van der Waals surface area contributed by atoms with Crippen LogP contribution < -0.4 is 10.1 Å². The molecule has 2 saturated heterocycles. The Labute approximate surface area is 184 Å². The molecular weight excluding hydrogens is 390 g/mol. The van der Waals surface area contributed by atoms with E-state index in [4.69, 9.17) is 4.74 Å². The highest BCUT2D eigenvalue weighted by atomic mass is 16.5. The normalized spacial score (nSPS) is 18.9. The van der Waals surface area contributed by atoms with Gasteiger partial charge in [0.1, 0.15) is 5.75 Å². The Balaban J connectivity index is 1.29. The van der Waals surface area contributed by atoms with Crippen LogP contribution in [0, 0.1) is 0 Å². The number of nitrogens with zero attached hydrogens (tertiary/aromatic N) is 2. The lowest BCUT2D eigenvalue weighted by Crippen LogP contribution is -2.36. The zero-order valence-electron chi connectivity index (χ0n) is 18.2. The van der Waals surface area contributed by atoms with E-state index in [1.54, 1.807) is 7.11 Å². The lowest BCUT2D eigenvalue weighted by molar-refractivity contribution is -0.122. The third kappa shape index (κ3) is 5.25. The number of hydrogen-bond donors (Lipinski definition) is 1. The smallest absolute Gasteiger partial charge is 0.253 e. The lowest BCUT2D eigenvalue weighted by Gasteiger charge is -2.24. The highest BCUT2D eigenvalue weighted by molar-refractivity contribution is 5.94. The quantitative estimate of drug-likeness (QED) is 0.745. The molecule has 2 aromatic carbocycles. The minimum atomic E-state index is 0.0204. The third-order valence-corrected chi connectivity index (χ3v) is 6.27. The van der Waals surface area contributed by atoms with Crippen molar-refractivity contribution in [2.24, 2.45) is 0 Å². The van der Waals surface area contributed by atoms with E-state index in [9.17, 15) is 9.59 Å². The van der Waals surface area contributed by atoms with Crippen LogP contribution in [0.25, 0.3) is 0 Å². The molecule has 1 unspecified atom stereocenters. The summed E-state index contributed by atoms with van der Waals surface area (Å²) in [6.45, 7) is 3.47. The molecule has 164 valence electrons. The van der Waals surface area contributed by atoms with Crippen LogP contribution >= 0.6 is 0 Å². The summed E-state index contributed by atoms with van der Waals surface area (Å²) < 4.78 is 5.35. The summed E-state index contributed by atoms with van der Waals surface area (Å²) in [5.41, 5.74) is 2.91. The van der Waals surface area contributed by atoms with Gasteiger partial charge in [-0.3, -0.25) is 14.5 Å². The fourth-order valence-electron chi connectivity index (χ4n) is 4.55. The molecule has 2 aliphatic heterocycles. The number of amides is 2. The molecule has 2 amide bonds. The molecular formula is C25H31N3O3. The number of methoxy groups -OCH3 is 1. The molecule has 0 aromatic heterocycles. The monoisotopic (exact) mass is 421 g/mol. The Bertz CT molecular complexity index is 906. The molecule has 0 spiro atoms. The van der Waals surface area contributed by atoms with E-state index in [0.29, 0.717) is 13.1 Å². The van der Waals surface area contributed by atoms with E-state index in [1.165, 1.54) is 5.56 Å². The van der Waals surface area contributed by atoms with Gasteiger partial charge in [-0.1, -0.05) is 24.3 Å². The van der Waals surface area contributed by atoms with Crippen LogP contribution in [-0.4, -0.2) is 54.9 Å². The first-order valence-electron chi connectivity index (χ1n) is 11.2. The summed E-state index contributed by atoms with van der Waals surface area (Å²) in [5, 5.41) is 3.02. The summed E-state index contributed by atoms with van der Waals surface area (Å²) in [4.78, 5) is 29.2. The Morgan fingerprint density at radius 1 is 1.03 bits per heavy atom. The molecule has 4 rings (SSSR count). The zero-order valence-corrected chi connectivity index (χ0v) is 18.2. The standard InChI is InChI=1S/C25H31N3O3/c1-31-22-7-4-6-21(16-22)23-8-5-15-28(23)18-24(29)26-17-19-9-11-20(12-10-19)25(30)27-13-2-3-14-27/h4,6-7,9-12,16,23H,2-3,5,8,13-15,17-18H2,1H3,(H,26,29). The average molecular weight is 422 g/mol. The number of ether oxygens (including phenoxy) is 1. The van der Waals surface area contributed by atoms with Crippen LogP contribution in [0.4, 0.5) is 0 Å². The second-order valence-electron chi connectivity index (χ2n) is 8.38. The predicted octanol–water partition coefficient (Wildman–Crippen LogP) is 3.38. The summed E-state index contributed by atoms with van der Waals surface area (Å²) in [6.07, 6.45) is 4.31. The van der Waals surface area contributed by atoms with Gasteiger partial charge in [-0.25, -0.2) is 0 Å². The zero-order chi connectivity index (χ0) is 21.6. The topological polar surface area (TPSA) is 61.9 Å². The Morgan fingerprint density at radius 3 is 2.55 bits per heavy atom. The number of likely N-dealkylation sites (tertiary alicyclic amines) is 2. The average Bonchev–Trinajstić information content (AvgIpc) is 3.50. The van der Waals surface area contributed by atoms with E-state index in [1.807, 2.05) is 41.3 Å². The largest absolute Gasteiger partial charge is 0.497 e. The highest BCUT2D eigenvalue weighted by Crippen LogP contribution is 2.33. The van der Waals surface area contributed by atoms with Crippen molar-refractivity contribution in [1.82, 2.24) is 15.1 Å². The van der Waals surface area contributed by atoms with Crippen LogP contribution in [0.3, 0.4) is 0 Å². The van der Waals surface area contributed by atoms with Gasteiger partial charge in [0.15, 0.2) is 0 Å². The third-order valence-electron chi connectivity index (χ3n) is 6.27. The number of carbonyl (C=O) groups is 2. The van der Waals surface area contributed by atoms with E-state index < -0.39 is 0 Å². The molecule has 2 aromatic rings. The van der Waals surface area contributed by atoms with Gasteiger partial charge in [-0.2, -0.15) is 0 Å². The molecule has 0 aliphatic carbocycles. The van der Waals surface area contributed by atoms with Gasteiger partial charge >= 0.3 is 0 Å². The van der Waals surface area contributed by atoms with Crippen molar-refractivity contribution >= 4 is 11.8 Å². The van der Waals surface area contributed by atoms with E-state index in [-0.39, 0.29) is 17.9 Å². The van der Waals surface area contributed by atoms with Crippen LogP contribution in [-0.2, 0) is 11.3 Å². The van der Waals surface area contributed by atoms with E-state index >= 15 is 0 Å². The first kappa shape index (κ1) is 21.4. The number of benzene rings is 2. The van der Waals surface area contributed by atoms with Gasteiger partial charge in [-0.05, 0) is 67.6 Å². The molecule has 1 atom stereocenters. The molecule has 0 saturated carbocycles. The second-order valence-corrected chi connectivity index (χ2v) is 8.38. The first-order valence-corrected chi connectivity index (χ1v) is 11.2. The summed E-state index contributed by atoms with van der Waals surface area (Å²) in [5.74, 6) is 0.971. The molecule has 2 aliphatic rings. The van der Waals surface area contributed by atoms with Gasteiger partial charge in [0.05, 0.1) is 13.7 Å². The van der Waals surface area contributed by atoms with Crippen molar-refractivity contribution in [3.8, 4) is 5.75 Å². The SMILES string of the molecule is COc1cccc(C2CCCN2CC(=O)NCc2ccc(C(=O)N3CCCC3)cc2)c1.